The number of nitrogens with two attached hydrogens (primary N) is 1. The molecule has 90 valence electrons. The molecule has 5 nitrogen and oxygen atoms in total. The molecule has 0 unspecified atom stereocenters. The van der Waals surface area contributed by atoms with E-state index < -0.39 is 0 Å². The minimum absolute atomic E-state index is 0.0564. The van der Waals surface area contributed by atoms with Gasteiger partial charge < -0.3 is 15.1 Å². The molecule has 1 aliphatic carbocycles. The van der Waals surface area contributed by atoms with Crippen LogP contribution in [-0.2, 0) is 14.2 Å². The van der Waals surface area contributed by atoms with Crippen LogP contribution in [0.4, 0.5) is 0 Å². The number of carbonyl (C=O) groups excluding carboxylic acids is 1. The van der Waals surface area contributed by atoms with E-state index in [1.807, 2.05) is 6.92 Å². The molecule has 0 bridgehead atoms. The Morgan fingerprint density at radius 3 is 3.00 bits per heavy atom. The van der Waals surface area contributed by atoms with E-state index in [-0.39, 0.29) is 23.7 Å². The van der Waals surface area contributed by atoms with Crippen molar-refractivity contribution < 1.29 is 14.2 Å². The summed E-state index contributed by atoms with van der Waals surface area (Å²) in [7, 11) is 0.417. The first kappa shape index (κ1) is 13.0. The zero-order chi connectivity index (χ0) is 12.0. The lowest BCUT2D eigenvalue weighted by Crippen LogP contribution is -2.38. The van der Waals surface area contributed by atoms with Crippen molar-refractivity contribution in [3.05, 3.63) is 0 Å². The molecule has 3 atom stereocenters. The van der Waals surface area contributed by atoms with Crippen molar-refractivity contribution in [1.29, 1.82) is 5.41 Å². The summed E-state index contributed by atoms with van der Waals surface area (Å²) in [5.41, 5.74) is 5.95. The number of hydrogen-bond acceptors (Lipinski definition) is 5. The van der Waals surface area contributed by atoms with Gasteiger partial charge in [-0.15, -0.1) is 0 Å². The zero-order valence-electron chi connectivity index (χ0n) is 9.65. The Balaban J connectivity index is 2.46. The summed E-state index contributed by atoms with van der Waals surface area (Å²) >= 11 is 0. The summed E-state index contributed by atoms with van der Waals surface area (Å²) in [6, 6.07) is 0.0608. The van der Waals surface area contributed by atoms with Crippen LogP contribution in [0.1, 0.15) is 26.2 Å². The molecule has 6 heteroatoms. The molecule has 0 spiro atoms. The Labute approximate surface area is 96.5 Å². The molecular weight excluding hydrogens is 207 g/mol. The van der Waals surface area contributed by atoms with Crippen molar-refractivity contribution in [3.8, 4) is 0 Å². The Bertz CT molecular complexity index is 250. The first-order valence-electron chi connectivity index (χ1n) is 5.71. The largest absolute Gasteiger partial charge is 0.557 e. The number of hydrogen-bond donors (Lipinski definition) is 2. The highest BCUT2D eigenvalue weighted by molar-refractivity contribution is 6.32. The summed E-state index contributed by atoms with van der Waals surface area (Å²) < 4.78 is 9.94. The maximum Gasteiger partial charge on any atom is 0.345 e. The Hall–Kier alpha value is -1.04. The van der Waals surface area contributed by atoms with Gasteiger partial charge in [0.15, 0.2) is 0 Å². The second kappa shape index (κ2) is 6.53. The normalized spacial score (nSPS) is 29.2. The summed E-state index contributed by atoms with van der Waals surface area (Å²) in [6.45, 7) is 2.23. The van der Waals surface area contributed by atoms with Gasteiger partial charge >= 0.3 is 13.5 Å². The van der Waals surface area contributed by atoms with Gasteiger partial charge in [-0.05, 0) is 32.0 Å². The maximum atomic E-state index is 11.6. The van der Waals surface area contributed by atoms with Crippen LogP contribution in [0.25, 0.3) is 0 Å². The summed E-state index contributed by atoms with van der Waals surface area (Å²) in [5.74, 6) is -0.0434. The second-order valence-corrected chi connectivity index (χ2v) is 4.14. The molecule has 1 rings (SSSR count). The van der Waals surface area contributed by atoms with Crippen molar-refractivity contribution in [2.24, 2.45) is 11.7 Å². The van der Waals surface area contributed by atoms with E-state index in [0.29, 0.717) is 20.5 Å². The molecule has 16 heavy (non-hydrogen) atoms. The highest BCUT2D eigenvalue weighted by Crippen LogP contribution is 2.32. The highest BCUT2D eigenvalue weighted by Gasteiger charge is 2.33. The first-order valence-corrected chi connectivity index (χ1v) is 5.71. The Kier molecular flexibility index (Phi) is 5.32. The molecule has 0 heterocycles. The number of nitrogens with one attached hydrogen (secondary N) is 1. The molecule has 0 aliphatic heterocycles. The molecule has 3 N–H and O–H groups in total. The fraction of sp³-hybridized carbons (Fsp3) is 0.800. The SMILES string of the molecule is CCOC(=O)[C@H]1CC[C@H](N)[C@H](BOC=N)C1. The van der Waals surface area contributed by atoms with Crippen LogP contribution in [0.5, 0.6) is 0 Å². The molecule has 1 saturated carbocycles. The fourth-order valence-electron chi connectivity index (χ4n) is 2.12. The first-order chi connectivity index (χ1) is 7.69. The van der Waals surface area contributed by atoms with Crippen molar-refractivity contribution in [3.63, 3.8) is 0 Å². The molecular formula is C10H19BN2O3. The van der Waals surface area contributed by atoms with Gasteiger partial charge in [-0.2, -0.15) is 0 Å². The highest BCUT2D eigenvalue weighted by atomic mass is 16.5. The number of rotatable bonds is 5. The predicted molar refractivity (Wildman–Crippen MR) is 62.7 cm³/mol. The topological polar surface area (TPSA) is 85.4 Å². The van der Waals surface area contributed by atoms with Crippen molar-refractivity contribution >= 4 is 19.9 Å². The third-order valence-corrected chi connectivity index (χ3v) is 3.05. The van der Waals surface area contributed by atoms with E-state index in [4.69, 9.17) is 20.5 Å². The van der Waals surface area contributed by atoms with Gasteiger partial charge in [0, 0.05) is 6.04 Å². The van der Waals surface area contributed by atoms with E-state index in [2.05, 4.69) is 0 Å². The fourth-order valence-corrected chi connectivity index (χ4v) is 2.12. The summed E-state index contributed by atoms with van der Waals surface area (Å²) in [5, 5.41) is 6.81. The van der Waals surface area contributed by atoms with Gasteiger partial charge in [0.25, 0.3) is 0 Å². The van der Waals surface area contributed by atoms with Gasteiger partial charge in [0.1, 0.15) is 6.40 Å². The number of esters is 1. The second-order valence-electron chi connectivity index (χ2n) is 4.14. The van der Waals surface area contributed by atoms with Gasteiger partial charge in [-0.25, -0.2) is 0 Å². The number of ether oxygens (including phenoxy) is 1. The van der Waals surface area contributed by atoms with E-state index in [1.165, 1.54) is 0 Å². The Morgan fingerprint density at radius 2 is 2.38 bits per heavy atom. The van der Waals surface area contributed by atoms with Crippen LogP contribution < -0.4 is 5.73 Å². The quantitative estimate of drug-likeness (QED) is 0.308. The zero-order valence-corrected chi connectivity index (χ0v) is 9.65. The predicted octanol–water partition coefficient (Wildman–Crippen LogP) is 0.441. The third kappa shape index (κ3) is 3.52. The minimum atomic E-state index is -0.130. The van der Waals surface area contributed by atoms with Crippen LogP contribution in [0.2, 0.25) is 5.82 Å². The molecule has 0 amide bonds. The van der Waals surface area contributed by atoms with Crippen LogP contribution >= 0.6 is 0 Å². The average molecular weight is 226 g/mol. The smallest absolute Gasteiger partial charge is 0.345 e. The lowest BCUT2D eigenvalue weighted by Gasteiger charge is -2.31. The molecule has 0 radical (unpaired) electrons. The minimum Gasteiger partial charge on any atom is -0.557 e. The lowest BCUT2D eigenvalue weighted by molar-refractivity contribution is -0.149. The van der Waals surface area contributed by atoms with Crippen LogP contribution in [-0.4, -0.2) is 32.5 Å². The maximum absolute atomic E-state index is 11.6. The van der Waals surface area contributed by atoms with Crippen molar-refractivity contribution in [2.45, 2.75) is 38.0 Å². The molecule has 1 fully saturated rings. The Morgan fingerprint density at radius 1 is 1.62 bits per heavy atom. The van der Waals surface area contributed by atoms with Crippen LogP contribution in [0, 0.1) is 11.3 Å². The average Bonchev–Trinajstić information content (AvgIpc) is 2.28. The molecule has 0 aromatic heterocycles. The van der Waals surface area contributed by atoms with Gasteiger partial charge in [0.05, 0.1) is 12.5 Å². The monoisotopic (exact) mass is 226 g/mol. The standard InChI is InChI=1S/C10H19BN2O3/c1-2-15-10(14)7-3-4-9(13)8(5-7)11-16-6-12/h6-9,11-12H,2-5,13H2,1H3/t7-,8+,9-/m0/s1. The summed E-state index contributed by atoms with van der Waals surface area (Å²) in [4.78, 5) is 11.6. The lowest BCUT2D eigenvalue weighted by atomic mass is 9.64. The van der Waals surface area contributed by atoms with E-state index in [1.54, 1.807) is 0 Å². The molecule has 0 saturated heterocycles. The van der Waals surface area contributed by atoms with Crippen LogP contribution in [0.15, 0.2) is 0 Å². The van der Waals surface area contributed by atoms with Crippen LogP contribution in [0.3, 0.4) is 0 Å². The molecule has 0 aromatic rings. The van der Waals surface area contributed by atoms with Gasteiger partial charge in [-0.3, -0.25) is 10.2 Å². The number of carbonyl (C=O) groups is 1. The van der Waals surface area contributed by atoms with E-state index in [9.17, 15) is 4.79 Å². The summed E-state index contributed by atoms with van der Waals surface area (Å²) in [6.07, 6.45) is 3.23. The molecule has 0 aromatic carbocycles. The molecule has 1 aliphatic rings. The van der Waals surface area contributed by atoms with E-state index >= 15 is 0 Å². The third-order valence-electron chi connectivity index (χ3n) is 3.05. The van der Waals surface area contributed by atoms with Gasteiger partial charge in [-0.1, -0.05) is 0 Å². The van der Waals surface area contributed by atoms with Gasteiger partial charge in [0.2, 0.25) is 0 Å². The van der Waals surface area contributed by atoms with Crippen molar-refractivity contribution in [2.75, 3.05) is 6.61 Å². The van der Waals surface area contributed by atoms with E-state index in [0.717, 1.165) is 19.2 Å². The van der Waals surface area contributed by atoms with Crippen molar-refractivity contribution in [1.82, 2.24) is 0 Å².